The number of alkyl halides is 3. The molecule has 0 bridgehead atoms. The van der Waals surface area contributed by atoms with Gasteiger partial charge in [-0.25, -0.2) is 4.98 Å². The minimum absolute atomic E-state index is 0.0913. The number of aryl methyl sites for hydroxylation is 1. The molecule has 14 heavy (non-hydrogen) atoms. The van der Waals surface area contributed by atoms with Gasteiger partial charge in [-0.05, 0) is 6.92 Å². The Bertz CT molecular complexity index is 354. The number of nitrogens with zero attached hydrogens (tertiary/aromatic N) is 1. The number of ether oxygens (including phenoxy) is 1. The van der Waals surface area contributed by atoms with Crippen LogP contribution in [-0.4, -0.2) is 11.3 Å². The van der Waals surface area contributed by atoms with Crippen molar-refractivity contribution in [3.63, 3.8) is 0 Å². The number of rotatable bonds is 1. The van der Waals surface area contributed by atoms with Crippen LogP contribution in [-0.2, 0) is 0 Å². The fourth-order valence-electron chi connectivity index (χ4n) is 0.768. The van der Waals surface area contributed by atoms with Gasteiger partial charge < -0.3 is 10.5 Å². The van der Waals surface area contributed by atoms with Gasteiger partial charge in [0.1, 0.15) is 0 Å². The van der Waals surface area contributed by atoms with Gasteiger partial charge in [-0.1, -0.05) is 11.6 Å². The Morgan fingerprint density at radius 3 is 2.57 bits per heavy atom. The van der Waals surface area contributed by atoms with Crippen LogP contribution in [0.25, 0.3) is 0 Å². The molecule has 0 amide bonds. The van der Waals surface area contributed by atoms with Crippen molar-refractivity contribution in [2.24, 2.45) is 0 Å². The van der Waals surface area contributed by atoms with Crippen LogP contribution in [0.4, 0.5) is 18.9 Å². The molecule has 0 saturated carbocycles. The largest absolute Gasteiger partial charge is 0.573 e. The quantitative estimate of drug-likeness (QED) is 0.749. The third-order valence-electron chi connectivity index (χ3n) is 1.40. The van der Waals surface area contributed by atoms with Crippen LogP contribution >= 0.6 is 11.6 Å². The molecule has 0 spiro atoms. The van der Waals surface area contributed by atoms with E-state index >= 15 is 0 Å². The zero-order chi connectivity index (χ0) is 10.9. The topological polar surface area (TPSA) is 48.1 Å². The lowest BCUT2D eigenvalue weighted by molar-refractivity contribution is -0.274. The van der Waals surface area contributed by atoms with Crippen molar-refractivity contribution in [2.45, 2.75) is 13.3 Å². The molecule has 1 heterocycles. The molecule has 1 aromatic heterocycles. The zero-order valence-electron chi connectivity index (χ0n) is 7.02. The van der Waals surface area contributed by atoms with E-state index in [1.807, 2.05) is 0 Å². The van der Waals surface area contributed by atoms with E-state index in [4.69, 9.17) is 17.3 Å². The summed E-state index contributed by atoms with van der Waals surface area (Å²) in [5, 5.41) is -0.367. The van der Waals surface area contributed by atoms with E-state index in [0.29, 0.717) is 5.69 Å². The van der Waals surface area contributed by atoms with Gasteiger partial charge in [-0.15, -0.1) is 13.2 Å². The van der Waals surface area contributed by atoms with Gasteiger partial charge in [0, 0.05) is 6.07 Å². The van der Waals surface area contributed by atoms with E-state index in [1.165, 1.54) is 6.92 Å². The molecule has 0 atom stereocenters. The number of pyridine rings is 1. The molecule has 0 aliphatic heterocycles. The van der Waals surface area contributed by atoms with Crippen LogP contribution < -0.4 is 10.5 Å². The van der Waals surface area contributed by atoms with Crippen LogP contribution in [0.2, 0.25) is 5.15 Å². The van der Waals surface area contributed by atoms with E-state index in [1.54, 1.807) is 0 Å². The second kappa shape index (κ2) is 3.53. The molecule has 0 aliphatic carbocycles. The minimum atomic E-state index is -4.80. The first-order chi connectivity index (χ1) is 6.29. The number of anilines is 1. The second-order valence-corrected chi connectivity index (χ2v) is 2.86. The fraction of sp³-hybridized carbons (Fsp3) is 0.286. The van der Waals surface area contributed by atoms with Gasteiger partial charge in [0.25, 0.3) is 0 Å². The summed E-state index contributed by atoms with van der Waals surface area (Å²) in [7, 11) is 0. The van der Waals surface area contributed by atoms with E-state index < -0.39 is 12.1 Å². The number of hydrogen-bond donors (Lipinski definition) is 1. The zero-order valence-corrected chi connectivity index (χ0v) is 7.78. The van der Waals surface area contributed by atoms with Gasteiger partial charge in [-0.3, -0.25) is 0 Å². The van der Waals surface area contributed by atoms with Gasteiger partial charge in [0.2, 0.25) is 0 Å². The van der Waals surface area contributed by atoms with Gasteiger partial charge in [-0.2, -0.15) is 0 Å². The van der Waals surface area contributed by atoms with Crippen molar-refractivity contribution in [1.82, 2.24) is 4.98 Å². The predicted molar refractivity (Wildman–Crippen MR) is 45.1 cm³/mol. The van der Waals surface area contributed by atoms with E-state index in [0.717, 1.165) is 6.07 Å². The average molecular weight is 227 g/mol. The summed E-state index contributed by atoms with van der Waals surface area (Å²) < 4.78 is 39.0. The molecule has 3 nitrogen and oxygen atoms in total. The molecular weight excluding hydrogens is 221 g/mol. The van der Waals surface area contributed by atoms with Crippen molar-refractivity contribution in [3.8, 4) is 5.75 Å². The molecule has 0 aliphatic rings. The first-order valence-electron chi connectivity index (χ1n) is 3.48. The van der Waals surface area contributed by atoms with Crippen LogP contribution in [0.15, 0.2) is 6.07 Å². The fourth-order valence-corrected chi connectivity index (χ4v) is 0.988. The van der Waals surface area contributed by atoms with Gasteiger partial charge in [0.05, 0.1) is 11.4 Å². The van der Waals surface area contributed by atoms with Crippen LogP contribution in [0, 0.1) is 6.92 Å². The summed E-state index contributed by atoms with van der Waals surface area (Å²) in [4.78, 5) is 3.57. The normalized spacial score (nSPS) is 11.5. The van der Waals surface area contributed by atoms with Gasteiger partial charge >= 0.3 is 6.36 Å². The SMILES string of the molecule is Cc1nc(Cl)c(OC(F)(F)F)cc1N. The van der Waals surface area contributed by atoms with Crippen molar-refractivity contribution < 1.29 is 17.9 Å². The summed E-state index contributed by atoms with van der Waals surface area (Å²) >= 11 is 5.42. The third-order valence-corrected chi connectivity index (χ3v) is 1.67. The predicted octanol–water partition coefficient (Wildman–Crippen LogP) is 2.52. The standard InChI is InChI=1S/C7H6ClF3N2O/c1-3-4(12)2-5(6(8)13-3)14-7(9,10)11/h2H,12H2,1H3. The van der Waals surface area contributed by atoms with E-state index in [-0.39, 0.29) is 10.8 Å². The highest BCUT2D eigenvalue weighted by atomic mass is 35.5. The maximum Gasteiger partial charge on any atom is 0.573 e. The van der Waals surface area contributed by atoms with E-state index in [9.17, 15) is 13.2 Å². The molecule has 0 unspecified atom stereocenters. The second-order valence-electron chi connectivity index (χ2n) is 2.50. The average Bonchev–Trinajstić information content (AvgIpc) is 1.97. The lowest BCUT2D eigenvalue weighted by Crippen LogP contribution is -2.18. The minimum Gasteiger partial charge on any atom is -0.402 e. The molecule has 0 saturated heterocycles. The monoisotopic (exact) mass is 226 g/mol. The van der Waals surface area contributed by atoms with E-state index in [2.05, 4.69) is 9.72 Å². The molecule has 0 radical (unpaired) electrons. The summed E-state index contributed by atoms with van der Waals surface area (Å²) in [6.07, 6.45) is -4.80. The Balaban J connectivity index is 3.04. The summed E-state index contributed by atoms with van der Waals surface area (Å²) in [5.41, 5.74) is 5.78. The van der Waals surface area contributed by atoms with Crippen LogP contribution in [0.3, 0.4) is 0 Å². The maximum atomic E-state index is 11.8. The molecule has 1 aromatic rings. The summed E-state index contributed by atoms with van der Waals surface area (Å²) in [5.74, 6) is -0.595. The Morgan fingerprint density at radius 1 is 1.50 bits per heavy atom. The smallest absolute Gasteiger partial charge is 0.402 e. The highest BCUT2D eigenvalue weighted by Gasteiger charge is 2.32. The number of aromatic nitrogens is 1. The van der Waals surface area contributed by atoms with Crippen molar-refractivity contribution in [1.29, 1.82) is 0 Å². The van der Waals surface area contributed by atoms with Crippen molar-refractivity contribution >= 4 is 17.3 Å². The molecule has 1 rings (SSSR count). The third kappa shape index (κ3) is 2.66. The molecule has 78 valence electrons. The number of nitrogens with two attached hydrogens (primary N) is 1. The first-order valence-corrected chi connectivity index (χ1v) is 3.86. The van der Waals surface area contributed by atoms with Crippen LogP contribution in [0.1, 0.15) is 5.69 Å². The highest BCUT2D eigenvalue weighted by Crippen LogP contribution is 2.31. The number of hydrogen-bond acceptors (Lipinski definition) is 3. The lowest BCUT2D eigenvalue weighted by Gasteiger charge is -2.11. The first kappa shape index (κ1) is 10.9. The molecular formula is C7H6ClF3N2O. The Hall–Kier alpha value is -1.17. The Kier molecular flexibility index (Phi) is 2.75. The summed E-state index contributed by atoms with van der Waals surface area (Å²) in [6.45, 7) is 1.53. The molecule has 7 heteroatoms. The molecule has 0 fully saturated rings. The summed E-state index contributed by atoms with van der Waals surface area (Å²) in [6, 6.07) is 0.984. The number of nitrogen functional groups attached to an aromatic ring is 1. The Morgan fingerprint density at radius 2 is 2.07 bits per heavy atom. The molecule has 2 N–H and O–H groups in total. The Labute approximate surface area is 82.6 Å². The lowest BCUT2D eigenvalue weighted by atomic mass is 10.3. The maximum absolute atomic E-state index is 11.8. The highest BCUT2D eigenvalue weighted by molar-refractivity contribution is 6.30. The van der Waals surface area contributed by atoms with Crippen LogP contribution in [0.5, 0.6) is 5.75 Å². The molecule has 0 aromatic carbocycles. The van der Waals surface area contributed by atoms with Gasteiger partial charge in [0.15, 0.2) is 10.9 Å². The number of halogens is 4. The van der Waals surface area contributed by atoms with Crippen molar-refractivity contribution in [3.05, 3.63) is 16.9 Å². The van der Waals surface area contributed by atoms with Crippen molar-refractivity contribution in [2.75, 3.05) is 5.73 Å².